The minimum absolute atomic E-state index is 0.0504. The monoisotopic (exact) mass is 296 g/mol. The van der Waals surface area contributed by atoms with Gasteiger partial charge in [0.15, 0.2) is 0 Å². The first kappa shape index (κ1) is 14.2. The fourth-order valence-corrected chi connectivity index (χ4v) is 2.34. The molecule has 0 bridgehead atoms. The van der Waals surface area contributed by atoms with Gasteiger partial charge in [0, 0.05) is 6.07 Å². The van der Waals surface area contributed by atoms with Crippen LogP contribution >= 0.6 is 0 Å². The van der Waals surface area contributed by atoms with Gasteiger partial charge >= 0.3 is 0 Å². The van der Waals surface area contributed by atoms with Gasteiger partial charge in [-0.2, -0.15) is 0 Å². The van der Waals surface area contributed by atoms with E-state index in [1.165, 1.54) is 24.5 Å². The summed E-state index contributed by atoms with van der Waals surface area (Å²) in [6.45, 7) is 4.13. The van der Waals surface area contributed by atoms with Gasteiger partial charge in [-0.1, -0.05) is 32.0 Å². The Labute approximate surface area is 127 Å². The average molecular weight is 296 g/mol. The van der Waals surface area contributed by atoms with E-state index in [-0.39, 0.29) is 22.8 Å². The average Bonchev–Trinajstić information content (AvgIpc) is 2.50. The van der Waals surface area contributed by atoms with Crippen LogP contribution in [0.1, 0.15) is 25.3 Å². The Morgan fingerprint density at radius 1 is 1.09 bits per heavy atom. The number of phenolic OH excluding ortho intramolecular Hbond substituents is 1. The van der Waals surface area contributed by atoms with Gasteiger partial charge < -0.3 is 14.3 Å². The number of para-hydroxylation sites is 1. The molecule has 0 saturated carbocycles. The highest BCUT2D eigenvalue weighted by atomic mass is 16.5. The Kier molecular flexibility index (Phi) is 3.59. The largest absolute Gasteiger partial charge is 0.508 e. The third-order valence-corrected chi connectivity index (χ3v) is 3.49. The summed E-state index contributed by atoms with van der Waals surface area (Å²) < 4.78 is 11.2. The minimum Gasteiger partial charge on any atom is -0.508 e. The number of aromatic hydroxyl groups is 1. The summed E-state index contributed by atoms with van der Waals surface area (Å²) >= 11 is 0. The molecule has 0 aliphatic rings. The van der Waals surface area contributed by atoms with Gasteiger partial charge in [0.25, 0.3) is 0 Å². The van der Waals surface area contributed by atoms with Crippen molar-refractivity contribution < 1.29 is 14.3 Å². The van der Waals surface area contributed by atoms with Crippen LogP contribution in [0.25, 0.3) is 11.0 Å². The van der Waals surface area contributed by atoms with Crippen molar-refractivity contribution in [2.24, 2.45) is 0 Å². The summed E-state index contributed by atoms with van der Waals surface area (Å²) in [6, 6.07) is 12.0. The van der Waals surface area contributed by atoms with Crippen molar-refractivity contribution in [2.45, 2.75) is 19.8 Å². The smallest absolute Gasteiger partial charge is 0.235 e. The van der Waals surface area contributed by atoms with Crippen LogP contribution in [0, 0.1) is 0 Å². The van der Waals surface area contributed by atoms with Gasteiger partial charge in [0.05, 0.1) is 5.39 Å². The van der Waals surface area contributed by atoms with Crippen molar-refractivity contribution in [1.82, 2.24) is 0 Å². The summed E-state index contributed by atoms with van der Waals surface area (Å²) in [5, 5.41) is 9.80. The number of rotatable bonds is 3. The second kappa shape index (κ2) is 5.56. The Balaban J connectivity index is 2.07. The highest BCUT2D eigenvalue weighted by Crippen LogP contribution is 2.30. The molecule has 112 valence electrons. The second-order valence-corrected chi connectivity index (χ2v) is 5.40. The maximum Gasteiger partial charge on any atom is 0.235 e. The van der Waals surface area contributed by atoms with Crippen molar-refractivity contribution in [3.8, 4) is 17.2 Å². The van der Waals surface area contributed by atoms with Gasteiger partial charge in [-0.15, -0.1) is 0 Å². The van der Waals surface area contributed by atoms with E-state index in [0.29, 0.717) is 16.7 Å². The molecule has 3 aromatic rings. The summed E-state index contributed by atoms with van der Waals surface area (Å²) in [5.41, 5.74) is 1.09. The van der Waals surface area contributed by atoms with Gasteiger partial charge in [0.2, 0.25) is 11.2 Å². The Hall–Kier alpha value is -2.75. The minimum atomic E-state index is -0.264. The highest BCUT2D eigenvalue weighted by molar-refractivity contribution is 5.79. The molecule has 2 aromatic carbocycles. The molecule has 0 unspecified atom stereocenters. The molecule has 0 spiro atoms. The SMILES string of the molecule is CC(C)c1ccccc1Oc1coc2cc(O)ccc2c1=O. The lowest BCUT2D eigenvalue weighted by atomic mass is 10.0. The van der Waals surface area contributed by atoms with Crippen LogP contribution in [0.5, 0.6) is 17.2 Å². The fraction of sp³-hybridized carbons (Fsp3) is 0.167. The lowest BCUT2D eigenvalue weighted by molar-refractivity contribution is 0.442. The molecule has 22 heavy (non-hydrogen) atoms. The van der Waals surface area contributed by atoms with E-state index in [2.05, 4.69) is 13.8 Å². The van der Waals surface area contributed by atoms with Crippen molar-refractivity contribution in [3.05, 3.63) is 64.5 Å². The zero-order chi connectivity index (χ0) is 15.7. The Morgan fingerprint density at radius 2 is 1.86 bits per heavy atom. The van der Waals surface area contributed by atoms with Crippen molar-refractivity contribution >= 4 is 11.0 Å². The molecule has 0 aliphatic carbocycles. The van der Waals surface area contributed by atoms with E-state index in [4.69, 9.17) is 9.15 Å². The van der Waals surface area contributed by atoms with Crippen LogP contribution < -0.4 is 10.2 Å². The zero-order valence-corrected chi connectivity index (χ0v) is 12.4. The fourth-order valence-electron chi connectivity index (χ4n) is 2.34. The molecule has 0 radical (unpaired) electrons. The number of hydrogen-bond acceptors (Lipinski definition) is 4. The molecule has 4 heteroatoms. The molecule has 0 fully saturated rings. The predicted octanol–water partition coefficient (Wildman–Crippen LogP) is 4.41. The molecule has 3 rings (SSSR count). The van der Waals surface area contributed by atoms with Crippen molar-refractivity contribution in [2.75, 3.05) is 0 Å². The standard InChI is InChI=1S/C18H16O4/c1-11(2)13-5-3-4-6-15(13)22-17-10-21-16-9-12(19)7-8-14(16)18(17)20/h3-11,19H,1-2H3. The van der Waals surface area contributed by atoms with E-state index < -0.39 is 0 Å². The number of fused-ring (bicyclic) bond motifs is 1. The maximum atomic E-state index is 12.5. The number of ether oxygens (including phenoxy) is 1. The first-order valence-electron chi connectivity index (χ1n) is 7.07. The molecule has 4 nitrogen and oxygen atoms in total. The van der Waals surface area contributed by atoms with Crippen LogP contribution in [0.15, 0.2) is 57.9 Å². The first-order chi connectivity index (χ1) is 10.6. The molecule has 0 saturated heterocycles. The summed E-state index contributed by atoms with van der Waals surface area (Å²) in [7, 11) is 0. The van der Waals surface area contributed by atoms with Gasteiger partial charge in [-0.05, 0) is 29.7 Å². The molecular weight excluding hydrogens is 280 g/mol. The zero-order valence-electron chi connectivity index (χ0n) is 12.4. The molecule has 1 N–H and O–H groups in total. The second-order valence-electron chi connectivity index (χ2n) is 5.40. The van der Waals surface area contributed by atoms with E-state index in [9.17, 15) is 9.90 Å². The normalized spacial score (nSPS) is 11.0. The van der Waals surface area contributed by atoms with Crippen molar-refractivity contribution in [1.29, 1.82) is 0 Å². The predicted molar refractivity (Wildman–Crippen MR) is 84.8 cm³/mol. The van der Waals surface area contributed by atoms with Crippen LogP contribution in [0.2, 0.25) is 0 Å². The topological polar surface area (TPSA) is 59.7 Å². The summed E-state index contributed by atoms with van der Waals surface area (Å²) in [6.07, 6.45) is 1.28. The third-order valence-electron chi connectivity index (χ3n) is 3.49. The van der Waals surface area contributed by atoms with E-state index >= 15 is 0 Å². The van der Waals surface area contributed by atoms with Crippen LogP contribution in [-0.4, -0.2) is 5.11 Å². The van der Waals surface area contributed by atoms with E-state index in [1.807, 2.05) is 24.3 Å². The Morgan fingerprint density at radius 3 is 2.64 bits per heavy atom. The summed E-state index contributed by atoms with van der Waals surface area (Å²) in [4.78, 5) is 12.5. The third kappa shape index (κ3) is 2.55. The van der Waals surface area contributed by atoms with Gasteiger partial charge in [-0.3, -0.25) is 4.79 Å². The van der Waals surface area contributed by atoms with Gasteiger partial charge in [-0.25, -0.2) is 0 Å². The molecular formula is C18H16O4. The number of phenols is 1. The highest BCUT2D eigenvalue weighted by Gasteiger charge is 2.13. The maximum absolute atomic E-state index is 12.5. The molecule has 1 aromatic heterocycles. The first-order valence-corrected chi connectivity index (χ1v) is 7.07. The van der Waals surface area contributed by atoms with E-state index in [1.54, 1.807) is 0 Å². The van der Waals surface area contributed by atoms with Crippen LogP contribution in [0.3, 0.4) is 0 Å². The van der Waals surface area contributed by atoms with Crippen molar-refractivity contribution in [3.63, 3.8) is 0 Å². The van der Waals surface area contributed by atoms with Gasteiger partial charge in [0.1, 0.15) is 23.3 Å². The molecule has 0 amide bonds. The quantitative estimate of drug-likeness (QED) is 0.777. The molecule has 0 aliphatic heterocycles. The van der Waals surface area contributed by atoms with Crippen LogP contribution in [-0.2, 0) is 0 Å². The Bertz CT molecular complexity index is 878. The molecule has 0 atom stereocenters. The van der Waals surface area contributed by atoms with Crippen LogP contribution in [0.4, 0.5) is 0 Å². The lowest BCUT2D eigenvalue weighted by Gasteiger charge is -2.13. The number of benzene rings is 2. The number of hydrogen-bond donors (Lipinski definition) is 1. The lowest BCUT2D eigenvalue weighted by Crippen LogP contribution is -2.06. The molecule has 1 heterocycles. The van der Waals surface area contributed by atoms with E-state index in [0.717, 1.165) is 5.56 Å². The summed E-state index contributed by atoms with van der Waals surface area (Å²) in [5.74, 6) is 1.10.